The zero-order valence-corrected chi connectivity index (χ0v) is 15.8. The van der Waals surface area contributed by atoms with Crippen LogP contribution in [0.15, 0.2) is 35.0 Å². The number of nitrogens with two attached hydrogens (primary N) is 2. The molecule has 0 atom stereocenters. The van der Waals surface area contributed by atoms with Gasteiger partial charge in [-0.1, -0.05) is 12.1 Å². The van der Waals surface area contributed by atoms with Crippen molar-refractivity contribution < 1.29 is 9.90 Å². The summed E-state index contributed by atoms with van der Waals surface area (Å²) < 4.78 is 0. The number of nitrogens with one attached hydrogen (secondary N) is 1. The number of anilines is 1. The van der Waals surface area contributed by atoms with Crippen LogP contribution in [0.2, 0.25) is 0 Å². The van der Waals surface area contributed by atoms with Gasteiger partial charge in [0.15, 0.2) is 5.70 Å². The molecule has 0 unspecified atom stereocenters. The maximum Gasteiger partial charge on any atom is 0.356 e. The second kappa shape index (κ2) is 8.68. The van der Waals surface area contributed by atoms with E-state index in [9.17, 15) is 4.79 Å². The van der Waals surface area contributed by atoms with Gasteiger partial charge in [0, 0.05) is 24.0 Å². The monoisotopic (exact) mass is 376 g/mol. The number of thioether (sulfide) groups is 1. The zero-order chi connectivity index (χ0) is 18.5. The number of benzene rings is 1. The Hall–Kier alpha value is -1.86. The van der Waals surface area contributed by atoms with Gasteiger partial charge < -0.3 is 21.2 Å². The average molecular weight is 377 g/mol. The molecular weight excluding hydrogens is 348 g/mol. The number of hydrogen-bond acceptors (Lipinski definition) is 6. The summed E-state index contributed by atoms with van der Waals surface area (Å²) in [7, 11) is 0. The van der Waals surface area contributed by atoms with Crippen LogP contribution < -0.4 is 21.9 Å². The molecule has 0 amide bonds. The van der Waals surface area contributed by atoms with E-state index in [2.05, 4.69) is 34.6 Å². The van der Waals surface area contributed by atoms with Crippen LogP contribution in [0.4, 0.5) is 5.69 Å². The molecule has 1 aromatic rings. The Labute approximate surface area is 159 Å². The number of rotatable bonds is 6. The van der Waals surface area contributed by atoms with Crippen LogP contribution in [0.5, 0.6) is 0 Å². The fourth-order valence-corrected chi connectivity index (χ4v) is 5.05. The van der Waals surface area contributed by atoms with Crippen LogP contribution in [0.3, 0.4) is 0 Å². The minimum absolute atomic E-state index is 0.116. The maximum absolute atomic E-state index is 11.1. The number of carbonyl (C=O) groups is 1. The molecule has 3 rings (SSSR count). The SMILES string of the molecule is NN/C(C(=O)O)=C(\N)SC1CCC(c2ccc(N3CCCC3)cc2)CC1. The highest BCUT2D eigenvalue weighted by atomic mass is 32.2. The van der Waals surface area contributed by atoms with E-state index in [1.165, 1.54) is 48.9 Å². The predicted octanol–water partition coefficient (Wildman–Crippen LogP) is 2.72. The Bertz CT molecular complexity index is 648. The van der Waals surface area contributed by atoms with E-state index < -0.39 is 5.97 Å². The van der Waals surface area contributed by atoms with Crippen LogP contribution in [-0.4, -0.2) is 29.4 Å². The molecule has 1 aromatic carbocycles. The fourth-order valence-electron chi connectivity index (χ4n) is 3.92. The van der Waals surface area contributed by atoms with Gasteiger partial charge in [0.25, 0.3) is 0 Å². The topological polar surface area (TPSA) is 105 Å². The summed E-state index contributed by atoms with van der Waals surface area (Å²) in [5.41, 5.74) is 10.7. The summed E-state index contributed by atoms with van der Waals surface area (Å²) in [6, 6.07) is 9.07. The third-order valence-corrected chi connectivity index (χ3v) is 6.67. The molecule has 2 fully saturated rings. The molecule has 0 radical (unpaired) electrons. The van der Waals surface area contributed by atoms with Crippen LogP contribution in [0.1, 0.15) is 50.0 Å². The second-order valence-corrected chi connectivity index (χ2v) is 8.41. The first-order valence-electron chi connectivity index (χ1n) is 9.29. The first kappa shape index (κ1) is 18.9. The molecule has 1 saturated heterocycles. The minimum atomic E-state index is -1.12. The number of hydrazine groups is 1. The number of carboxylic acids is 1. The van der Waals surface area contributed by atoms with Crippen molar-refractivity contribution >= 4 is 23.4 Å². The normalized spacial score (nSPS) is 24.3. The first-order chi connectivity index (χ1) is 12.6. The minimum Gasteiger partial charge on any atom is -0.476 e. The van der Waals surface area contributed by atoms with Gasteiger partial charge in [-0.3, -0.25) is 5.84 Å². The summed E-state index contributed by atoms with van der Waals surface area (Å²) in [6.07, 6.45) is 6.86. The molecule has 1 saturated carbocycles. The van der Waals surface area contributed by atoms with E-state index >= 15 is 0 Å². The van der Waals surface area contributed by atoms with Gasteiger partial charge in [-0.2, -0.15) is 0 Å². The lowest BCUT2D eigenvalue weighted by atomic mass is 9.84. The third kappa shape index (κ3) is 4.45. The maximum atomic E-state index is 11.1. The van der Waals surface area contributed by atoms with Crippen molar-refractivity contribution in [2.45, 2.75) is 49.7 Å². The lowest BCUT2D eigenvalue weighted by Gasteiger charge is -2.29. The number of aliphatic carboxylic acids is 1. The predicted molar refractivity (Wildman–Crippen MR) is 107 cm³/mol. The summed E-state index contributed by atoms with van der Waals surface area (Å²) in [4.78, 5) is 13.5. The van der Waals surface area contributed by atoms with Crippen molar-refractivity contribution in [1.82, 2.24) is 5.43 Å². The third-order valence-electron chi connectivity index (χ3n) is 5.41. The molecule has 1 aliphatic carbocycles. The summed E-state index contributed by atoms with van der Waals surface area (Å²) in [6.45, 7) is 2.35. The standard InChI is InChI=1S/C19H28N4O2S/c20-18(17(22-21)19(24)25)26-16-9-5-14(6-10-16)13-3-7-15(8-4-13)23-11-1-2-12-23/h3-4,7-8,14,16,22H,1-2,5-6,9-12,20-21H2,(H,24,25)/b18-17+. The lowest BCUT2D eigenvalue weighted by Crippen LogP contribution is -2.30. The average Bonchev–Trinajstić information content (AvgIpc) is 3.17. The van der Waals surface area contributed by atoms with Gasteiger partial charge in [-0.25, -0.2) is 4.79 Å². The molecule has 142 valence electrons. The van der Waals surface area contributed by atoms with Gasteiger partial charge in [-0.05, 0) is 62.1 Å². The Kier molecular flexibility index (Phi) is 6.32. The van der Waals surface area contributed by atoms with Gasteiger partial charge in [0.1, 0.15) is 0 Å². The smallest absolute Gasteiger partial charge is 0.356 e. The van der Waals surface area contributed by atoms with Crippen molar-refractivity contribution in [1.29, 1.82) is 0 Å². The van der Waals surface area contributed by atoms with E-state index in [1.54, 1.807) is 0 Å². The first-order valence-corrected chi connectivity index (χ1v) is 10.2. The van der Waals surface area contributed by atoms with Gasteiger partial charge >= 0.3 is 5.97 Å². The van der Waals surface area contributed by atoms with E-state index in [0.29, 0.717) is 11.2 Å². The van der Waals surface area contributed by atoms with E-state index in [1.807, 2.05) is 0 Å². The highest BCUT2D eigenvalue weighted by Crippen LogP contribution is 2.39. The number of nitrogens with zero attached hydrogens (tertiary/aromatic N) is 1. The molecule has 0 spiro atoms. The summed E-state index contributed by atoms with van der Waals surface area (Å²) in [5.74, 6) is 4.71. The largest absolute Gasteiger partial charge is 0.476 e. The zero-order valence-electron chi connectivity index (χ0n) is 15.0. The molecule has 7 heteroatoms. The molecular formula is C19H28N4O2S. The number of carboxylic acid groups (broad SMARTS) is 1. The molecule has 26 heavy (non-hydrogen) atoms. The molecule has 0 aromatic heterocycles. The quantitative estimate of drug-likeness (QED) is 0.344. The van der Waals surface area contributed by atoms with Crippen LogP contribution in [-0.2, 0) is 4.79 Å². The Morgan fingerprint density at radius 1 is 1.12 bits per heavy atom. The van der Waals surface area contributed by atoms with Crippen molar-refractivity contribution in [3.05, 3.63) is 40.6 Å². The highest BCUT2D eigenvalue weighted by molar-refractivity contribution is 8.03. The van der Waals surface area contributed by atoms with Crippen molar-refractivity contribution in [3.8, 4) is 0 Å². The Balaban J connectivity index is 1.54. The van der Waals surface area contributed by atoms with Crippen LogP contribution in [0, 0.1) is 0 Å². The lowest BCUT2D eigenvalue weighted by molar-refractivity contribution is -0.133. The Morgan fingerprint density at radius 2 is 1.73 bits per heavy atom. The van der Waals surface area contributed by atoms with Crippen molar-refractivity contribution in [3.63, 3.8) is 0 Å². The molecule has 0 bridgehead atoms. The van der Waals surface area contributed by atoms with E-state index in [-0.39, 0.29) is 10.7 Å². The molecule has 2 aliphatic rings. The van der Waals surface area contributed by atoms with Crippen molar-refractivity contribution in [2.75, 3.05) is 18.0 Å². The van der Waals surface area contributed by atoms with E-state index in [0.717, 1.165) is 25.7 Å². The summed E-state index contributed by atoms with van der Waals surface area (Å²) >= 11 is 1.43. The van der Waals surface area contributed by atoms with Crippen molar-refractivity contribution in [2.24, 2.45) is 11.6 Å². The molecule has 1 heterocycles. The van der Waals surface area contributed by atoms with Crippen LogP contribution in [0.25, 0.3) is 0 Å². The number of hydrogen-bond donors (Lipinski definition) is 4. The molecule has 6 nitrogen and oxygen atoms in total. The van der Waals surface area contributed by atoms with Gasteiger partial charge in [0.2, 0.25) is 0 Å². The second-order valence-electron chi connectivity index (χ2n) is 7.07. The van der Waals surface area contributed by atoms with Gasteiger partial charge in [-0.15, -0.1) is 11.8 Å². The molecule has 1 aliphatic heterocycles. The van der Waals surface area contributed by atoms with E-state index in [4.69, 9.17) is 16.7 Å². The molecule has 6 N–H and O–H groups in total. The van der Waals surface area contributed by atoms with Crippen LogP contribution >= 0.6 is 11.8 Å². The van der Waals surface area contributed by atoms with Gasteiger partial charge in [0.05, 0.1) is 5.03 Å². The highest BCUT2D eigenvalue weighted by Gasteiger charge is 2.25. The Morgan fingerprint density at radius 3 is 2.27 bits per heavy atom. The fraction of sp³-hybridized carbons (Fsp3) is 0.526. The summed E-state index contributed by atoms with van der Waals surface area (Å²) in [5, 5.41) is 9.68.